The van der Waals surface area contributed by atoms with Gasteiger partial charge in [-0.2, -0.15) is 5.10 Å². The second-order valence-corrected chi connectivity index (χ2v) is 9.16. The molecule has 0 fully saturated rings. The topological polar surface area (TPSA) is 68.0 Å². The lowest BCUT2D eigenvalue weighted by Gasteiger charge is -2.13. The summed E-state index contributed by atoms with van der Waals surface area (Å²) in [6.45, 7) is 4.84. The summed E-state index contributed by atoms with van der Waals surface area (Å²) in [6, 6.07) is 15.8. The Labute approximate surface area is 193 Å². The van der Waals surface area contributed by atoms with Crippen LogP contribution < -0.4 is 0 Å². The number of aryl methyl sites for hydroxylation is 2. The van der Waals surface area contributed by atoms with E-state index in [1.165, 1.54) is 0 Å². The van der Waals surface area contributed by atoms with E-state index in [0.29, 0.717) is 5.02 Å². The largest absolute Gasteiger partial charge is 0.481 e. The van der Waals surface area contributed by atoms with Crippen molar-refractivity contribution in [3.05, 3.63) is 70.9 Å². The zero-order chi connectivity index (χ0) is 22.4. The van der Waals surface area contributed by atoms with Gasteiger partial charge in [0, 0.05) is 28.1 Å². The van der Waals surface area contributed by atoms with Crippen LogP contribution in [0.5, 0.6) is 0 Å². The van der Waals surface area contributed by atoms with Crippen LogP contribution in [0, 0.1) is 6.92 Å². The van der Waals surface area contributed by atoms with Crippen LogP contribution >= 0.6 is 22.9 Å². The number of halogens is 1. The summed E-state index contributed by atoms with van der Waals surface area (Å²) < 4.78 is 2.95. The molecule has 7 heteroatoms. The summed E-state index contributed by atoms with van der Waals surface area (Å²) in [5.41, 5.74) is 6.57. The zero-order valence-electron chi connectivity index (χ0n) is 17.6. The molecule has 160 valence electrons. The number of nitrogens with zero attached hydrogens (tertiary/aromatic N) is 3. The highest BCUT2D eigenvalue weighted by Gasteiger charge is 2.19. The van der Waals surface area contributed by atoms with E-state index in [4.69, 9.17) is 16.6 Å². The average Bonchev–Trinajstić information content (AvgIpc) is 3.38. The van der Waals surface area contributed by atoms with E-state index in [2.05, 4.69) is 30.2 Å². The van der Waals surface area contributed by atoms with Gasteiger partial charge in [-0.3, -0.25) is 9.48 Å². The number of carboxylic acids is 1. The molecule has 0 radical (unpaired) electrons. The van der Waals surface area contributed by atoms with Gasteiger partial charge in [0.1, 0.15) is 5.01 Å². The Hall–Kier alpha value is -3.22. The molecule has 2 heterocycles. The minimum Gasteiger partial charge on any atom is -0.481 e. The fraction of sp³-hybridized carbons (Fsp3) is 0.160. The molecule has 0 spiro atoms. The van der Waals surface area contributed by atoms with Gasteiger partial charge in [0.15, 0.2) is 0 Å². The smallest absolute Gasteiger partial charge is 0.307 e. The van der Waals surface area contributed by atoms with E-state index in [1.54, 1.807) is 11.3 Å². The first-order valence-corrected chi connectivity index (χ1v) is 11.5. The number of rotatable bonds is 5. The number of hydrogen-bond donors (Lipinski definition) is 1. The van der Waals surface area contributed by atoms with Crippen molar-refractivity contribution in [1.82, 2.24) is 14.8 Å². The third-order valence-electron chi connectivity index (χ3n) is 5.66. The lowest BCUT2D eigenvalue weighted by atomic mass is 9.93. The number of aliphatic carboxylic acids is 1. The van der Waals surface area contributed by atoms with Crippen LogP contribution in [0.4, 0.5) is 0 Å². The van der Waals surface area contributed by atoms with Crippen LogP contribution in [0.15, 0.2) is 54.7 Å². The molecule has 0 aliphatic carbocycles. The molecule has 5 nitrogen and oxygen atoms in total. The van der Waals surface area contributed by atoms with Gasteiger partial charge < -0.3 is 5.11 Å². The second kappa shape index (κ2) is 8.04. The van der Waals surface area contributed by atoms with Crippen molar-refractivity contribution in [3.8, 4) is 21.7 Å². The summed E-state index contributed by atoms with van der Waals surface area (Å²) in [4.78, 5) is 16.6. The molecule has 0 bridgehead atoms. The molecule has 1 N–H and O–H groups in total. The van der Waals surface area contributed by atoms with E-state index in [-0.39, 0.29) is 6.42 Å². The number of aromatic nitrogens is 3. The van der Waals surface area contributed by atoms with Crippen molar-refractivity contribution in [2.45, 2.75) is 26.8 Å². The van der Waals surface area contributed by atoms with Crippen LogP contribution in [0.25, 0.3) is 42.8 Å². The molecule has 0 saturated carbocycles. The molecule has 3 aromatic carbocycles. The normalized spacial score (nSPS) is 11.5. The number of thiazole rings is 1. The van der Waals surface area contributed by atoms with Gasteiger partial charge in [0.2, 0.25) is 0 Å². The maximum absolute atomic E-state index is 11.6. The summed E-state index contributed by atoms with van der Waals surface area (Å²) in [6.07, 6.45) is 1.83. The summed E-state index contributed by atoms with van der Waals surface area (Å²) in [7, 11) is 0. The minimum absolute atomic E-state index is 0.0465. The van der Waals surface area contributed by atoms with E-state index in [0.717, 1.165) is 60.5 Å². The third-order valence-corrected chi connectivity index (χ3v) is 7.05. The van der Waals surface area contributed by atoms with Gasteiger partial charge in [-0.25, -0.2) is 4.98 Å². The Morgan fingerprint density at radius 3 is 2.59 bits per heavy atom. The van der Waals surface area contributed by atoms with E-state index >= 15 is 0 Å². The summed E-state index contributed by atoms with van der Waals surface area (Å²) in [5.74, 6) is -0.856. The molecule has 5 rings (SSSR count). The average molecular weight is 462 g/mol. The van der Waals surface area contributed by atoms with Gasteiger partial charge in [0.25, 0.3) is 0 Å². The summed E-state index contributed by atoms with van der Waals surface area (Å²) >= 11 is 7.69. The monoisotopic (exact) mass is 461 g/mol. The fourth-order valence-electron chi connectivity index (χ4n) is 4.13. The number of carboxylic acid groups (broad SMARTS) is 1. The predicted molar refractivity (Wildman–Crippen MR) is 131 cm³/mol. The van der Waals surface area contributed by atoms with Crippen LogP contribution in [-0.4, -0.2) is 25.8 Å². The van der Waals surface area contributed by atoms with Gasteiger partial charge in [0.05, 0.1) is 28.4 Å². The Balaban J connectivity index is 1.73. The fourth-order valence-corrected chi connectivity index (χ4v) is 5.39. The van der Waals surface area contributed by atoms with Gasteiger partial charge in [-0.05, 0) is 66.9 Å². The Morgan fingerprint density at radius 2 is 1.88 bits per heavy atom. The maximum atomic E-state index is 11.6. The molecule has 0 aliphatic heterocycles. The van der Waals surface area contributed by atoms with Crippen molar-refractivity contribution in [3.63, 3.8) is 0 Å². The number of hydrogen-bond acceptors (Lipinski definition) is 4. The molecule has 0 unspecified atom stereocenters. The predicted octanol–water partition coefficient (Wildman–Crippen LogP) is 6.59. The first-order chi connectivity index (χ1) is 15.4. The minimum atomic E-state index is -0.856. The van der Waals surface area contributed by atoms with E-state index in [9.17, 15) is 9.90 Å². The molecular formula is C25H20ClN3O2S. The van der Waals surface area contributed by atoms with Crippen molar-refractivity contribution in [1.29, 1.82) is 0 Å². The Kier molecular flexibility index (Phi) is 5.19. The number of carbonyl (C=O) groups is 1. The van der Waals surface area contributed by atoms with Crippen molar-refractivity contribution >= 4 is 50.0 Å². The molecule has 2 aromatic heterocycles. The van der Waals surface area contributed by atoms with E-state index in [1.807, 2.05) is 48.1 Å². The molecule has 32 heavy (non-hydrogen) atoms. The Bertz CT molecular complexity index is 1490. The summed E-state index contributed by atoms with van der Waals surface area (Å²) in [5, 5.41) is 16.6. The second-order valence-electron chi connectivity index (χ2n) is 7.73. The van der Waals surface area contributed by atoms with E-state index < -0.39 is 5.97 Å². The van der Waals surface area contributed by atoms with Gasteiger partial charge >= 0.3 is 5.97 Å². The number of benzene rings is 3. The maximum Gasteiger partial charge on any atom is 0.307 e. The molecule has 0 amide bonds. The third kappa shape index (κ3) is 3.55. The van der Waals surface area contributed by atoms with Crippen molar-refractivity contribution < 1.29 is 9.90 Å². The molecule has 0 aliphatic rings. The molecular weight excluding hydrogens is 442 g/mol. The van der Waals surface area contributed by atoms with Crippen molar-refractivity contribution in [2.24, 2.45) is 0 Å². The van der Waals surface area contributed by atoms with Gasteiger partial charge in [-0.15, -0.1) is 11.3 Å². The highest BCUT2D eigenvalue weighted by atomic mass is 35.5. The zero-order valence-corrected chi connectivity index (χ0v) is 19.2. The SMILES string of the molecule is CCn1ncc2cc(-c3nc4cc(C)c(CC(=O)O)c(-c5ccc(Cl)cc5)c4s3)ccc21. The van der Waals surface area contributed by atoms with Crippen LogP contribution in [0.2, 0.25) is 5.02 Å². The Morgan fingerprint density at radius 1 is 1.12 bits per heavy atom. The standard InChI is InChI=1S/C25H20ClN3O2S/c1-3-29-21-9-6-16(11-17(21)13-27-29)25-28-20-10-14(2)19(12-22(30)31)23(24(20)32-25)15-4-7-18(26)8-5-15/h4-11,13H,3,12H2,1-2H3,(H,30,31). The molecule has 0 saturated heterocycles. The number of fused-ring (bicyclic) bond motifs is 2. The van der Waals surface area contributed by atoms with Crippen molar-refractivity contribution in [2.75, 3.05) is 0 Å². The first-order valence-electron chi connectivity index (χ1n) is 10.3. The molecule has 0 atom stereocenters. The lowest BCUT2D eigenvalue weighted by molar-refractivity contribution is -0.136. The lowest BCUT2D eigenvalue weighted by Crippen LogP contribution is -2.04. The van der Waals surface area contributed by atoms with Crippen LogP contribution in [-0.2, 0) is 17.8 Å². The quantitative estimate of drug-likeness (QED) is 0.320. The van der Waals surface area contributed by atoms with Crippen LogP contribution in [0.3, 0.4) is 0 Å². The highest BCUT2D eigenvalue weighted by Crippen LogP contribution is 2.41. The first kappa shape index (κ1) is 20.7. The van der Waals surface area contributed by atoms with Gasteiger partial charge in [-0.1, -0.05) is 23.7 Å². The van der Waals surface area contributed by atoms with Crippen LogP contribution in [0.1, 0.15) is 18.1 Å². The highest BCUT2D eigenvalue weighted by molar-refractivity contribution is 7.22. The molecule has 5 aromatic rings.